The maximum atomic E-state index is 14.4. The van der Waals surface area contributed by atoms with Crippen molar-refractivity contribution in [1.82, 2.24) is 10.6 Å². The van der Waals surface area contributed by atoms with Crippen LogP contribution in [-0.2, 0) is 16.0 Å². The highest BCUT2D eigenvalue weighted by molar-refractivity contribution is 5.83. The lowest BCUT2D eigenvalue weighted by Crippen LogP contribution is -2.36. The van der Waals surface area contributed by atoms with Crippen LogP contribution in [0.25, 0.3) is 0 Å². The molecule has 1 saturated heterocycles. The number of piperidine rings is 1. The summed E-state index contributed by atoms with van der Waals surface area (Å²) in [6.45, 7) is 13.6. The summed E-state index contributed by atoms with van der Waals surface area (Å²) < 4.78 is 14.4. The number of rotatable bonds is 10. The third kappa shape index (κ3) is 10.1. The number of amidine groups is 1. The Balaban J connectivity index is 0.00000172. The van der Waals surface area contributed by atoms with E-state index in [1.807, 2.05) is 32.8 Å². The van der Waals surface area contributed by atoms with Crippen molar-refractivity contribution in [2.24, 2.45) is 22.1 Å². The summed E-state index contributed by atoms with van der Waals surface area (Å²) in [5.41, 5.74) is 9.38. The maximum Gasteiger partial charge on any atom is 0.128 e. The molecule has 0 aromatic heterocycles. The highest BCUT2D eigenvalue weighted by Crippen LogP contribution is 2.34. The fraction of sp³-hybridized carbons (Fsp3) is 0.516. The van der Waals surface area contributed by atoms with Gasteiger partial charge in [0.15, 0.2) is 0 Å². The minimum atomic E-state index is -0.204. The van der Waals surface area contributed by atoms with Crippen molar-refractivity contribution in [1.29, 1.82) is 0 Å². The average molecular weight is 527 g/mol. The van der Waals surface area contributed by atoms with Gasteiger partial charge >= 0.3 is 0 Å². The molecule has 1 unspecified atom stereocenters. The number of nitrogens with one attached hydrogen (secondary N) is 2. The molecular formula is C31H47FN4O2. The van der Waals surface area contributed by atoms with Crippen LogP contribution in [0, 0.1) is 17.2 Å². The Hall–Kier alpha value is -2.90. The Kier molecular flexibility index (Phi) is 15.3. The Morgan fingerprint density at radius 3 is 2.26 bits per heavy atom. The molecule has 1 heterocycles. The summed E-state index contributed by atoms with van der Waals surface area (Å²) in [6.07, 6.45) is 4.93. The molecule has 38 heavy (non-hydrogen) atoms. The first-order chi connectivity index (χ1) is 18.3. The summed E-state index contributed by atoms with van der Waals surface area (Å²) >= 11 is 0. The molecule has 0 aliphatic carbocycles. The van der Waals surface area contributed by atoms with E-state index in [4.69, 9.17) is 15.3 Å². The van der Waals surface area contributed by atoms with E-state index in [0.29, 0.717) is 30.4 Å². The van der Waals surface area contributed by atoms with Gasteiger partial charge in [-0.3, -0.25) is 4.99 Å². The van der Waals surface area contributed by atoms with Crippen LogP contribution in [0.3, 0.4) is 0 Å². The lowest BCUT2D eigenvalue weighted by atomic mass is 9.74. The number of benzene rings is 2. The van der Waals surface area contributed by atoms with Gasteiger partial charge in [-0.2, -0.15) is 0 Å². The predicted molar refractivity (Wildman–Crippen MR) is 156 cm³/mol. The van der Waals surface area contributed by atoms with Crippen molar-refractivity contribution < 1.29 is 14.0 Å². The van der Waals surface area contributed by atoms with Crippen LogP contribution in [0.4, 0.5) is 4.39 Å². The summed E-state index contributed by atoms with van der Waals surface area (Å²) in [5.74, 6) is 1.84. The fourth-order valence-corrected chi connectivity index (χ4v) is 4.94. The van der Waals surface area contributed by atoms with Gasteiger partial charge in [-0.05, 0) is 79.8 Å². The molecular weight excluding hydrogens is 479 g/mol. The summed E-state index contributed by atoms with van der Waals surface area (Å²) in [7, 11) is 1.81. The van der Waals surface area contributed by atoms with Gasteiger partial charge in [0.1, 0.15) is 19.4 Å². The van der Waals surface area contributed by atoms with Crippen molar-refractivity contribution in [3.05, 3.63) is 71.0 Å². The SMILES string of the molecule is C=O.C=O.CN=C(CC(C)(C)C(C)Cc1ccc(C2CCNCC2)cc1)N[C@@H](CCN)c1ccccc1F. The number of carbonyl (C=O) groups excluding carboxylic acids is 2. The molecule has 1 aliphatic rings. The molecule has 0 saturated carbocycles. The molecule has 0 radical (unpaired) electrons. The van der Waals surface area contributed by atoms with E-state index in [2.05, 4.69) is 60.7 Å². The van der Waals surface area contributed by atoms with Gasteiger partial charge in [-0.25, -0.2) is 4.39 Å². The van der Waals surface area contributed by atoms with Crippen LogP contribution in [0.2, 0.25) is 0 Å². The first-order valence-electron chi connectivity index (χ1n) is 13.4. The van der Waals surface area contributed by atoms with Crippen molar-refractivity contribution in [2.45, 2.75) is 64.8 Å². The standard InChI is InChI=1S/C29H43FN4.2CH2O/c1-21(19-22-9-11-23(12-10-22)24-14-17-33-18-15-24)29(2,3)20-28(32-4)34-27(13-16-31)25-7-5-6-8-26(25)30;2*1-2/h5-12,21,24,27,33H,13-20,31H2,1-4H3,(H,32,34);2*1H2/t21?,27-;;/m0../s1. The van der Waals surface area contributed by atoms with Gasteiger partial charge in [0.25, 0.3) is 0 Å². The largest absolute Gasteiger partial charge is 0.367 e. The van der Waals surface area contributed by atoms with Crippen LogP contribution in [-0.4, -0.2) is 46.1 Å². The molecule has 2 aromatic rings. The van der Waals surface area contributed by atoms with E-state index >= 15 is 0 Å². The van der Waals surface area contributed by atoms with Crippen LogP contribution in [0.5, 0.6) is 0 Å². The number of aliphatic imine (C=N–C) groups is 1. The number of nitrogens with zero attached hydrogens (tertiary/aromatic N) is 1. The van der Waals surface area contributed by atoms with E-state index in [9.17, 15) is 4.39 Å². The third-order valence-electron chi connectivity index (χ3n) is 7.64. The summed E-state index contributed by atoms with van der Waals surface area (Å²) in [5, 5.41) is 6.96. The Morgan fingerprint density at radius 2 is 1.71 bits per heavy atom. The molecule has 3 rings (SSSR count). The number of halogens is 1. The summed E-state index contributed by atoms with van der Waals surface area (Å²) in [6, 6.07) is 16.0. The van der Waals surface area contributed by atoms with Gasteiger partial charge < -0.3 is 26.0 Å². The highest BCUT2D eigenvalue weighted by Gasteiger charge is 2.29. The third-order valence-corrected chi connectivity index (χ3v) is 7.64. The first-order valence-corrected chi connectivity index (χ1v) is 13.4. The van der Waals surface area contributed by atoms with Crippen molar-refractivity contribution >= 4 is 19.4 Å². The van der Waals surface area contributed by atoms with Crippen LogP contribution in [0.15, 0.2) is 53.5 Å². The minimum Gasteiger partial charge on any atom is -0.367 e. The van der Waals surface area contributed by atoms with Gasteiger partial charge in [0.2, 0.25) is 0 Å². The lowest BCUT2D eigenvalue weighted by Gasteiger charge is -2.34. The van der Waals surface area contributed by atoms with Crippen molar-refractivity contribution in [3.63, 3.8) is 0 Å². The van der Waals surface area contributed by atoms with E-state index in [-0.39, 0.29) is 17.3 Å². The second-order valence-electron chi connectivity index (χ2n) is 10.5. The zero-order valence-electron chi connectivity index (χ0n) is 23.6. The average Bonchev–Trinajstić information content (AvgIpc) is 2.95. The van der Waals surface area contributed by atoms with Gasteiger partial charge in [0, 0.05) is 19.0 Å². The molecule has 2 aromatic carbocycles. The van der Waals surface area contributed by atoms with Crippen molar-refractivity contribution in [3.8, 4) is 0 Å². The minimum absolute atomic E-state index is 0.0258. The molecule has 210 valence electrons. The highest BCUT2D eigenvalue weighted by atomic mass is 19.1. The van der Waals surface area contributed by atoms with Gasteiger partial charge in [-0.1, -0.05) is 63.2 Å². The Labute approximate surface area is 228 Å². The van der Waals surface area contributed by atoms with E-state index < -0.39 is 0 Å². The molecule has 0 amide bonds. The number of carbonyl (C=O) groups is 2. The predicted octanol–water partition coefficient (Wildman–Crippen LogP) is 5.23. The normalized spacial score (nSPS) is 15.8. The van der Waals surface area contributed by atoms with E-state index in [0.717, 1.165) is 31.8 Å². The Bertz CT molecular complexity index is 957. The fourth-order valence-electron chi connectivity index (χ4n) is 4.94. The van der Waals surface area contributed by atoms with Crippen molar-refractivity contribution in [2.75, 3.05) is 26.7 Å². The maximum absolute atomic E-state index is 14.4. The number of hydrogen-bond donors (Lipinski definition) is 3. The van der Waals surface area contributed by atoms with Crippen LogP contribution < -0.4 is 16.4 Å². The second kappa shape index (κ2) is 17.6. The first kappa shape index (κ1) is 33.1. The number of hydrogen-bond acceptors (Lipinski definition) is 5. The van der Waals surface area contributed by atoms with E-state index in [1.54, 1.807) is 6.07 Å². The Morgan fingerprint density at radius 1 is 1.11 bits per heavy atom. The topological polar surface area (TPSA) is 96.6 Å². The molecule has 2 atom stereocenters. The molecule has 4 N–H and O–H groups in total. The molecule has 0 spiro atoms. The van der Waals surface area contributed by atoms with E-state index in [1.165, 1.54) is 30.0 Å². The number of nitrogens with two attached hydrogens (primary N) is 1. The molecule has 6 nitrogen and oxygen atoms in total. The molecule has 0 bridgehead atoms. The smallest absolute Gasteiger partial charge is 0.128 e. The van der Waals surface area contributed by atoms with Gasteiger partial charge in [0.05, 0.1) is 11.9 Å². The molecule has 1 fully saturated rings. The summed E-state index contributed by atoms with van der Waals surface area (Å²) in [4.78, 5) is 20.5. The monoisotopic (exact) mass is 526 g/mol. The van der Waals surface area contributed by atoms with Crippen LogP contribution in [0.1, 0.15) is 75.1 Å². The molecule has 7 heteroatoms. The molecule has 1 aliphatic heterocycles. The lowest BCUT2D eigenvalue weighted by molar-refractivity contribution is -0.0987. The van der Waals surface area contributed by atoms with Crippen LogP contribution >= 0.6 is 0 Å². The second-order valence-corrected chi connectivity index (χ2v) is 10.5. The van der Waals surface area contributed by atoms with Gasteiger partial charge in [-0.15, -0.1) is 0 Å². The zero-order chi connectivity index (χ0) is 28.6. The quantitative estimate of drug-likeness (QED) is 0.291. The zero-order valence-corrected chi connectivity index (χ0v) is 23.6.